The predicted molar refractivity (Wildman–Crippen MR) is 78.8 cm³/mol. The lowest BCUT2D eigenvalue weighted by Crippen LogP contribution is -1.97. The van der Waals surface area contributed by atoms with Crippen LogP contribution in [-0.2, 0) is 0 Å². The zero-order valence-electron chi connectivity index (χ0n) is 10.7. The van der Waals surface area contributed by atoms with Gasteiger partial charge in [-0.15, -0.1) is 0 Å². The van der Waals surface area contributed by atoms with Crippen LogP contribution < -0.4 is 5.73 Å². The lowest BCUT2D eigenvalue weighted by atomic mass is 10.0. The number of halogens is 1. The number of nitrogens with one attached hydrogen (secondary N) is 1. The van der Waals surface area contributed by atoms with Crippen molar-refractivity contribution in [2.45, 2.75) is 6.92 Å². The van der Waals surface area contributed by atoms with Crippen LogP contribution in [0.5, 0.6) is 0 Å². The van der Waals surface area contributed by atoms with Gasteiger partial charge in [-0.2, -0.15) is 0 Å². The molecule has 1 aromatic heterocycles. The van der Waals surface area contributed by atoms with E-state index in [1.165, 1.54) is 0 Å². The van der Waals surface area contributed by atoms with Gasteiger partial charge in [-0.25, -0.2) is 0 Å². The third-order valence-corrected chi connectivity index (χ3v) is 3.57. The van der Waals surface area contributed by atoms with E-state index in [1.807, 2.05) is 42.5 Å². The number of fused-ring (bicyclic) bond motifs is 1. The van der Waals surface area contributed by atoms with Crippen LogP contribution in [0.15, 0.2) is 46.9 Å². The van der Waals surface area contributed by atoms with Crippen molar-refractivity contribution in [2.24, 2.45) is 0 Å². The Hall–Kier alpha value is -2.26. The van der Waals surface area contributed by atoms with E-state index in [-0.39, 0.29) is 5.76 Å². The average molecular weight is 285 g/mol. The normalized spacial score (nSPS) is 10.9. The van der Waals surface area contributed by atoms with Gasteiger partial charge in [0.2, 0.25) is 0 Å². The van der Waals surface area contributed by atoms with E-state index in [9.17, 15) is 4.79 Å². The van der Waals surface area contributed by atoms with E-state index in [0.29, 0.717) is 16.2 Å². The third kappa shape index (κ3) is 2.06. The van der Waals surface area contributed by atoms with Crippen LogP contribution in [0.2, 0.25) is 5.02 Å². The van der Waals surface area contributed by atoms with Gasteiger partial charge >= 0.3 is 5.91 Å². The molecule has 0 saturated heterocycles. The van der Waals surface area contributed by atoms with Gasteiger partial charge in [0.05, 0.1) is 0 Å². The van der Waals surface area contributed by atoms with Gasteiger partial charge in [0.25, 0.3) is 0 Å². The molecule has 0 saturated carbocycles. The van der Waals surface area contributed by atoms with E-state index < -0.39 is 5.91 Å². The maximum Gasteiger partial charge on any atom is 0.305 e. The lowest BCUT2D eigenvalue weighted by molar-refractivity contribution is 0.0966. The molecule has 20 heavy (non-hydrogen) atoms. The predicted octanol–water partition coefficient (Wildman–Crippen LogP) is 4.48. The first-order chi connectivity index (χ1) is 9.56. The highest BCUT2D eigenvalue weighted by Gasteiger charge is 2.15. The molecule has 0 bridgehead atoms. The number of hydrogen-bond donors (Lipinski definition) is 0. The van der Waals surface area contributed by atoms with E-state index >= 15 is 0 Å². The van der Waals surface area contributed by atoms with Crippen molar-refractivity contribution in [1.82, 2.24) is 5.73 Å². The molecular formula is C16H11ClNO2. The van der Waals surface area contributed by atoms with Crippen molar-refractivity contribution in [3.63, 3.8) is 0 Å². The fraction of sp³-hybridized carbons (Fsp3) is 0.0625. The van der Waals surface area contributed by atoms with Crippen LogP contribution in [0.4, 0.5) is 0 Å². The van der Waals surface area contributed by atoms with Gasteiger partial charge in [0, 0.05) is 16.0 Å². The SMILES string of the molecule is Cc1c(C([NH])=O)oc2cc(-c3ccc(Cl)cc3)ccc12. The first kappa shape index (κ1) is 12.8. The second-order valence-electron chi connectivity index (χ2n) is 4.60. The molecule has 3 rings (SSSR count). The number of hydrogen-bond acceptors (Lipinski definition) is 2. The molecule has 1 heterocycles. The summed E-state index contributed by atoms with van der Waals surface area (Å²) in [6.07, 6.45) is 0. The van der Waals surface area contributed by atoms with Crippen LogP contribution in [0, 0.1) is 6.92 Å². The molecule has 4 heteroatoms. The topological polar surface area (TPSA) is 54.0 Å². The maximum atomic E-state index is 11.2. The van der Waals surface area contributed by atoms with E-state index in [1.54, 1.807) is 6.92 Å². The maximum absolute atomic E-state index is 11.2. The fourth-order valence-corrected chi connectivity index (χ4v) is 2.39. The monoisotopic (exact) mass is 284 g/mol. The Balaban J connectivity index is 2.15. The highest BCUT2D eigenvalue weighted by Crippen LogP contribution is 2.30. The highest BCUT2D eigenvalue weighted by atomic mass is 35.5. The molecule has 0 aliphatic carbocycles. The van der Waals surface area contributed by atoms with Crippen LogP contribution in [0.3, 0.4) is 0 Å². The lowest BCUT2D eigenvalue weighted by Gasteiger charge is -2.01. The van der Waals surface area contributed by atoms with Crippen molar-refractivity contribution < 1.29 is 9.21 Å². The molecule has 0 unspecified atom stereocenters. The van der Waals surface area contributed by atoms with E-state index in [0.717, 1.165) is 16.5 Å². The molecule has 0 aliphatic rings. The largest absolute Gasteiger partial charge is 0.451 e. The van der Waals surface area contributed by atoms with E-state index in [2.05, 4.69) is 0 Å². The Labute approximate surface area is 120 Å². The summed E-state index contributed by atoms with van der Waals surface area (Å²) in [5.41, 5.74) is 10.5. The summed E-state index contributed by atoms with van der Waals surface area (Å²) < 4.78 is 5.48. The number of carbonyl (C=O) groups excluding carboxylic acids is 1. The van der Waals surface area contributed by atoms with Crippen LogP contribution in [0.1, 0.15) is 16.1 Å². The quantitative estimate of drug-likeness (QED) is 0.696. The van der Waals surface area contributed by atoms with Gasteiger partial charge < -0.3 is 4.42 Å². The molecule has 0 aliphatic heterocycles. The molecule has 1 N–H and O–H groups in total. The van der Waals surface area contributed by atoms with Gasteiger partial charge in [0.15, 0.2) is 5.76 Å². The van der Waals surface area contributed by atoms with Crippen molar-refractivity contribution in [2.75, 3.05) is 0 Å². The van der Waals surface area contributed by atoms with Crippen LogP contribution in [0.25, 0.3) is 22.1 Å². The summed E-state index contributed by atoms with van der Waals surface area (Å²) >= 11 is 5.88. The number of carbonyl (C=O) groups is 1. The second kappa shape index (κ2) is 4.69. The number of benzene rings is 2. The third-order valence-electron chi connectivity index (χ3n) is 3.32. The first-order valence-electron chi connectivity index (χ1n) is 6.11. The van der Waals surface area contributed by atoms with Crippen molar-refractivity contribution >= 4 is 28.5 Å². The molecule has 3 nitrogen and oxygen atoms in total. The molecular weight excluding hydrogens is 274 g/mol. The van der Waals surface area contributed by atoms with Crippen LogP contribution >= 0.6 is 11.6 Å². The summed E-state index contributed by atoms with van der Waals surface area (Å²) in [4.78, 5) is 11.2. The minimum absolute atomic E-state index is 0.105. The first-order valence-corrected chi connectivity index (χ1v) is 6.49. The Bertz CT molecular complexity index is 803. The number of furan rings is 1. The number of aryl methyl sites for hydroxylation is 1. The molecule has 99 valence electrons. The molecule has 0 spiro atoms. The molecule has 3 aromatic rings. The number of amides is 1. The molecule has 0 atom stereocenters. The van der Waals surface area contributed by atoms with Gasteiger partial charge in [-0.05, 0) is 36.2 Å². The average Bonchev–Trinajstić information content (AvgIpc) is 2.77. The highest BCUT2D eigenvalue weighted by molar-refractivity contribution is 6.30. The molecule has 0 fully saturated rings. The zero-order chi connectivity index (χ0) is 14.3. The second-order valence-corrected chi connectivity index (χ2v) is 5.04. The molecule has 1 radical (unpaired) electrons. The summed E-state index contributed by atoms with van der Waals surface area (Å²) in [5, 5.41) is 1.55. The van der Waals surface area contributed by atoms with Crippen molar-refractivity contribution in [3.05, 3.63) is 58.8 Å². The number of rotatable bonds is 2. The standard InChI is InChI=1S/C16H11ClNO2/c1-9-13-7-4-11(10-2-5-12(17)6-3-10)8-14(13)20-15(9)16(18)19/h2-8,18H,1H3. The zero-order valence-corrected chi connectivity index (χ0v) is 11.5. The van der Waals surface area contributed by atoms with Gasteiger partial charge in [0.1, 0.15) is 5.58 Å². The smallest absolute Gasteiger partial charge is 0.305 e. The Morgan fingerprint density at radius 2 is 1.75 bits per heavy atom. The molecule has 1 amide bonds. The Morgan fingerprint density at radius 3 is 2.40 bits per heavy atom. The minimum atomic E-state index is -0.799. The Kier molecular flexibility index (Phi) is 2.99. The Morgan fingerprint density at radius 1 is 1.10 bits per heavy atom. The minimum Gasteiger partial charge on any atom is -0.451 e. The van der Waals surface area contributed by atoms with Crippen molar-refractivity contribution in [1.29, 1.82) is 0 Å². The summed E-state index contributed by atoms with van der Waals surface area (Å²) in [5.74, 6) is -0.694. The van der Waals surface area contributed by atoms with E-state index in [4.69, 9.17) is 21.8 Å². The summed E-state index contributed by atoms with van der Waals surface area (Å²) in [7, 11) is 0. The summed E-state index contributed by atoms with van der Waals surface area (Å²) in [6.45, 7) is 1.79. The van der Waals surface area contributed by atoms with Crippen molar-refractivity contribution in [3.8, 4) is 11.1 Å². The summed E-state index contributed by atoms with van der Waals surface area (Å²) in [6, 6.07) is 13.3. The van der Waals surface area contributed by atoms with Gasteiger partial charge in [-0.3, -0.25) is 10.5 Å². The molecule has 2 aromatic carbocycles. The fourth-order valence-electron chi connectivity index (χ4n) is 2.26. The van der Waals surface area contributed by atoms with Crippen LogP contribution in [-0.4, -0.2) is 5.91 Å². The van der Waals surface area contributed by atoms with Gasteiger partial charge in [-0.1, -0.05) is 35.9 Å².